The fourth-order valence-electron chi connectivity index (χ4n) is 6.16. The first-order valence-electron chi connectivity index (χ1n) is 15.9. The Bertz CT molecular complexity index is 2040. The lowest BCUT2D eigenvalue weighted by molar-refractivity contribution is -0.141. The van der Waals surface area contributed by atoms with Crippen molar-refractivity contribution < 1.29 is 32.6 Å². The number of ether oxygens (including phenoxy) is 1. The minimum absolute atomic E-state index is 0.0523. The molecule has 2 N–H and O–H groups in total. The summed E-state index contributed by atoms with van der Waals surface area (Å²) in [6.45, 7) is 2.35. The number of hydrogen-bond acceptors (Lipinski definition) is 10. The Labute approximate surface area is 288 Å². The van der Waals surface area contributed by atoms with Crippen molar-refractivity contribution in [3.05, 3.63) is 75.0 Å². The molecular weight excluding hydrogens is 683 g/mol. The van der Waals surface area contributed by atoms with Gasteiger partial charge in [-0.25, -0.2) is 9.97 Å². The molecule has 0 aromatic carbocycles. The Balaban J connectivity index is 1.35. The Morgan fingerprint density at radius 1 is 1.14 bits per heavy atom. The number of piperazine rings is 1. The van der Waals surface area contributed by atoms with Crippen LogP contribution < -0.4 is 15.8 Å². The summed E-state index contributed by atoms with van der Waals surface area (Å²) in [6, 6.07) is 4.63. The van der Waals surface area contributed by atoms with Gasteiger partial charge in [-0.2, -0.15) is 22.7 Å². The molecule has 0 unspecified atom stereocenters. The van der Waals surface area contributed by atoms with E-state index in [9.17, 15) is 32.7 Å². The summed E-state index contributed by atoms with van der Waals surface area (Å²) in [5.74, 6) is -0.912. The maximum atomic E-state index is 14.2. The predicted octanol–water partition coefficient (Wildman–Crippen LogP) is 3.80. The van der Waals surface area contributed by atoms with Crippen LogP contribution in [0, 0.1) is 0 Å². The molecule has 2 amide bonds. The number of nitrogens with zero attached hydrogens (tertiary/aromatic N) is 8. The molecular formula is C32H33ClF3N9O5. The van der Waals surface area contributed by atoms with Gasteiger partial charge in [0.15, 0.2) is 16.7 Å². The number of amides is 2. The van der Waals surface area contributed by atoms with Gasteiger partial charge in [-0.1, -0.05) is 24.6 Å². The van der Waals surface area contributed by atoms with Gasteiger partial charge >= 0.3 is 6.18 Å². The summed E-state index contributed by atoms with van der Waals surface area (Å²) in [6.07, 6.45) is 0.984. The van der Waals surface area contributed by atoms with Crippen molar-refractivity contribution in [3.63, 3.8) is 0 Å². The molecule has 1 atom stereocenters. The number of pyridine rings is 2. The zero-order valence-electron chi connectivity index (χ0n) is 27.1. The summed E-state index contributed by atoms with van der Waals surface area (Å²) in [4.78, 5) is 56.2. The van der Waals surface area contributed by atoms with Gasteiger partial charge in [0, 0.05) is 39.5 Å². The number of methoxy groups -OCH3 is 1. The van der Waals surface area contributed by atoms with Crippen LogP contribution in [-0.2, 0) is 28.7 Å². The second-order valence-corrected chi connectivity index (χ2v) is 12.1. The molecule has 0 radical (unpaired) electrons. The third-order valence-corrected chi connectivity index (χ3v) is 9.02. The van der Waals surface area contributed by atoms with Gasteiger partial charge in [0.25, 0.3) is 11.5 Å². The van der Waals surface area contributed by atoms with E-state index in [1.165, 1.54) is 23.2 Å². The Morgan fingerprint density at radius 2 is 1.90 bits per heavy atom. The maximum absolute atomic E-state index is 14.2. The Hall–Kier alpha value is -5.03. The third-order valence-electron chi connectivity index (χ3n) is 8.73. The average molecular weight is 716 g/mol. The van der Waals surface area contributed by atoms with E-state index >= 15 is 0 Å². The number of aromatic nitrogens is 6. The molecule has 5 heterocycles. The maximum Gasteiger partial charge on any atom is 0.433 e. The lowest BCUT2D eigenvalue weighted by atomic mass is 9.97. The molecule has 4 aromatic heterocycles. The topological polar surface area (TPSA) is 160 Å². The Kier molecular flexibility index (Phi) is 9.80. The SMILES string of the molecule is CCc1c(N2CCN(C(=O)c3ncccc3O)CC2)c(=O)n2nc(C3=CC[C@@H](OC)CC3)nc2n1CC(=O)Nc1ccc(C(F)(F)F)nc1Cl. The summed E-state index contributed by atoms with van der Waals surface area (Å²) in [5, 5.41) is 16.7. The number of halogens is 4. The molecule has 18 heteroatoms. The fourth-order valence-corrected chi connectivity index (χ4v) is 6.36. The molecule has 4 aromatic rings. The van der Waals surface area contributed by atoms with Crippen molar-refractivity contribution in [2.75, 3.05) is 43.5 Å². The standard InChI is InChI=1S/C32H33ClF3N9O5/c1-3-21-26(42-13-15-43(16-14-42)29(48)25-22(46)5-4-12-37-25)30(49)45-31(40-28(41-45)18-6-8-19(50-2)9-7-18)44(21)17-24(47)38-20-10-11-23(32(34,35)36)39-27(20)33/h4-6,10-12,19,46H,3,7-9,13-17H2,1-2H3,(H,38,47)/t19-/m1/s1. The van der Waals surface area contributed by atoms with Crippen molar-refractivity contribution >= 4 is 46.1 Å². The third kappa shape index (κ3) is 6.87. The predicted molar refractivity (Wildman–Crippen MR) is 176 cm³/mol. The molecule has 2 aliphatic rings. The number of rotatable bonds is 8. The van der Waals surface area contributed by atoms with Crippen LogP contribution in [0.2, 0.25) is 5.15 Å². The number of carbonyl (C=O) groups excluding carboxylic acids is 2. The van der Waals surface area contributed by atoms with Gasteiger partial charge in [-0.3, -0.25) is 14.4 Å². The van der Waals surface area contributed by atoms with Gasteiger partial charge in [0.1, 0.15) is 23.7 Å². The van der Waals surface area contributed by atoms with E-state index in [0.29, 0.717) is 30.4 Å². The van der Waals surface area contributed by atoms with Crippen LogP contribution in [0.1, 0.15) is 53.9 Å². The normalized spacial score (nSPS) is 16.8. The zero-order valence-corrected chi connectivity index (χ0v) is 27.8. The monoisotopic (exact) mass is 715 g/mol. The zero-order chi connectivity index (χ0) is 35.7. The summed E-state index contributed by atoms with van der Waals surface area (Å²) >= 11 is 6.01. The van der Waals surface area contributed by atoms with E-state index in [2.05, 4.69) is 20.4 Å². The minimum Gasteiger partial charge on any atom is -0.505 e. The second-order valence-electron chi connectivity index (χ2n) is 11.8. The smallest absolute Gasteiger partial charge is 0.433 e. The average Bonchev–Trinajstić information content (AvgIpc) is 3.56. The van der Waals surface area contributed by atoms with Crippen LogP contribution in [0.3, 0.4) is 0 Å². The van der Waals surface area contributed by atoms with Crippen molar-refractivity contribution in [1.29, 1.82) is 0 Å². The molecule has 0 bridgehead atoms. The molecule has 0 spiro atoms. The van der Waals surface area contributed by atoms with Crippen LogP contribution in [0.5, 0.6) is 5.75 Å². The molecule has 1 saturated heterocycles. The van der Waals surface area contributed by atoms with Crippen LogP contribution in [0.4, 0.5) is 24.5 Å². The number of allylic oxidation sites excluding steroid dienone is 1. The first-order chi connectivity index (χ1) is 23.9. The van der Waals surface area contributed by atoms with Crippen molar-refractivity contribution in [2.45, 2.75) is 51.4 Å². The second kappa shape index (κ2) is 14.1. The number of carbonyl (C=O) groups is 2. The number of hydrogen-bond donors (Lipinski definition) is 2. The molecule has 1 fully saturated rings. The summed E-state index contributed by atoms with van der Waals surface area (Å²) < 4.78 is 47.6. The van der Waals surface area contributed by atoms with E-state index in [1.807, 2.05) is 17.9 Å². The van der Waals surface area contributed by atoms with E-state index in [1.54, 1.807) is 11.7 Å². The van der Waals surface area contributed by atoms with E-state index < -0.39 is 40.9 Å². The number of anilines is 2. The highest BCUT2D eigenvalue weighted by Gasteiger charge is 2.34. The van der Waals surface area contributed by atoms with Gasteiger partial charge in [-0.05, 0) is 55.5 Å². The molecule has 14 nitrogen and oxygen atoms in total. The highest BCUT2D eigenvalue weighted by molar-refractivity contribution is 6.32. The highest BCUT2D eigenvalue weighted by Crippen LogP contribution is 2.32. The first-order valence-corrected chi connectivity index (χ1v) is 16.2. The van der Waals surface area contributed by atoms with E-state index in [0.717, 1.165) is 22.6 Å². The van der Waals surface area contributed by atoms with Crippen molar-refractivity contribution in [1.82, 2.24) is 34.0 Å². The molecule has 6 rings (SSSR count). The summed E-state index contributed by atoms with van der Waals surface area (Å²) in [7, 11) is 1.64. The molecule has 264 valence electrons. The van der Waals surface area contributed by atoms with Gasteiger partial charge in [0.05, 0.1) is 17.5 Å². The lowest BCUT2D eigenvalue weighted by Gasteiger charge is -2.36. The van der Waals surface area contributed by atoms with Gasteiger partial charge in [-0.15, -0.1) is 5.10 Å². The fraction of sp³-hybridized carbons (Fsp3) is 0.406. The van der Waals surface area contributed by atoms with Crippen LogP contribution >= 0.6 is 11.6 Å². The molecule has 50 heavy (non-hydrogen) atoms. The minimum atomic E-state index is -4.72. The largest absolute Gasteiger partial charge is 0.505 e. The molecule has 1 aliphatic heterocycles. The number of fused-ring (bicyclic) bond motifs is 1. The molecule has 1 aliphatic carbocycles. The highest BCUT2D eigenvalue weighted by atomic mass is 35.5. The van der Waals surface area contributed by atoms with Gasteiger partial charge in [0.2, 0.25) is 11.7 Å². The van der Waals surface area contributed by atoms with Crippen LogP contribution in [-0.4, -0.2) is 90.3 Å². The van der Waals surface area contributed by atoms with Crippen molar-refractivity contribution in [2.24, 2.45) is 0 Å². The van der Waals surface area contributed by atoms with Crippen LogP contribution in [0.15, 0.2) is 41.3 Å². The first kappa shape index (κ1) is 34.8. The van der Waals surface area contributed by atoms with Crippen molar-refractivity contribution in [3.8, 4) is 5.75 Å². The van der Waals surface area contributed by atoms with E-state index in [-0.39, 0.29) is 67.3 Å². The van der Waals surface area contributed by atoms with Crippen LogP contribution in [0.25, 0.3) is 11.4 Å². The molecule has 0 saturated carbocycles. The quantitative estimate of drug-likeness (QED) is 0.257. The van der Waals surface area contributed by atoms with Gasteiger partial charge < -0.3 is 29.5 Å². The number of alkyl halides is 3. The Morgan fingerprint density at radius 3 is 2.52 bits per heavy atom. The number of nitrogens with one attached hydrogen (secondary N) is 1. The number of aromatic hydroxyl groups is 1. The summed E-state index contributed by atoms with van der Waals surface area (Å²) in [5.41, 5.74) is -0.306. The van der Waals surface area contributed by atoms with E-state index in [4.69, 9.17) is 21.3 Å². The lowest BCUT2D eigenvalue weighted by Crippen LogP contribution is -2.51.